The number of imide groups is 1. The molecular formula is C23H22N4O3. The molecule has 1 unspecified atom stereocenters. The van der Waals surface area contributed by atoms with Crippen molar-refractivity contribution in [3.8, 4) is 0 Å². The zero-order valence-electron chi connectivity index (χ0n) is 17.1. The van der Waals surface area contributed by atoms with Crippen LogP contribution in [0.4, 0.5) is 5.82 Å². The maximum atomic E-state index is 12.9. The number of allylic oxidation sites excluding steroid dienone is 4. The molecule has 1 aromatic heterocycles. The first-order valence-electron chi connectivity index (χ1n) is 9.85. The van der Waals surface area contributed by atoms with E-state index >= 15 is 0 Å². The molecular weight excluding hydrogens is 380 g/mol. The van der Waals surface area contributed by atoms with Gasteiger partial charge in [0.05, 0.1) is 22.7 Å². The fourth-order valence-electron chi connectivity index (χ4n) is 3.74. The molecule has 2 aliphatic rings. The number of aromatic nitrogens is 2. The number of carbonyl (C=O) groups is 3. The highest BCUT2D eigenvalue weighted by Gasteiger charge is 2.37. The number of hydrogen-bond acceptors (Lipinski definition) is 5. The summed E-state index contributed by atoms with van der Waals surface area (Å²) >= 11 is 0. The third-order valence-electron chi connectivity index (χ3n) is 5.43. The molecule has 30 heavy (non-hydrogen) atoms. The first-order valence-corrected chi connectivity index (χ1v) is 9.85. The molecule has 7 heteroatoms. The second-order valence-corrected chi connectivity index (χ2v) is 7.60. The lowest BCUT2D eigenvalue weighted by molar-refractivity contribution is -0.117. The Balaban J connectivity index is 1.56. The van der Waals surface area contributed by atoms with Crippen LogP contribution in [0, 0.1) is 6.92 Å². The van der Waals surface area contributed by atoms with Crippen LogP contribution in [0.15, 0.2) is 42.5 Å². The molecule has 1 aliphatic carbocycles. The Bertz CT molecular complexity index is 1120. The maximum Gasteiger partial charge on any atom is 0.261 e. The first-order chi connectivity index (χ1) is 14.4. The second kappa shape index (κ2) is 7.67. The van der Waals surface area contributed by atoms with Crippen LogP contribution in [0.1, 0.15) is 63.2 Å². The fraction of sp³-hybridized carbons (Fsp3) is 0.261. The summed E-state index contributed by atoms with van der Waals surface area (Å²) in [5.74, 6) is -1.37. The molecule has 7 nitrogen and oxygen atoms in total. The van der Waals surface area contributed by atoms with E-state index in [1.54, 1.807) is 25.1 Å². The second-order valence-electron chi connectivity index (χ2n) is 7.60. The van der Waals surface area contributed by atoms with Crippen LogP contribution < -0.4 is 5.32 Å². The van der Waals surface area contributed by atoms with Crippen molar-refractivity contribution in [2.75, 3.05) is 12.4 Å². The van der Waals surface area contributed by atoms with Gasteiger partial charge in [-0.05, 0) is 61.6 Å². The number of amides is 3. The summed E-state index contributed by atoms with van der Waals surface area (Å²) in [7, 11) is 1.45. The van der Waals surface area contributed by atoms with Crippen molar-refractivity contribution < 1.29 is 14.4 Å². The predicted octanol–water partition coefficient (Wildman–Crippen LogP) is 3.49. The standard InChI is InChI=1S/C23H22N4O3/c1-13-11-16(20-17(12-13)22(29)27(3)23(20)30)14(2)21(28)24-19-10-9-18(25-26-19)15-7-5-4-6-8-15/h5,7-12,14H,4,6H2,1-3H3,(H,24,26,28). The van der Waals surface area contributed by atoms with Crippen LogP contribution in [0.3, 0.4) is 0 Å². The summed E-state index contributed by atoms with van der Waals surface area (Å²) in [5, 5.41) is 11.1. The molecule has 0 radical (unpaired) electrons. The largest absolute Gasteiger partial charge is 0.309 e. The van der Waals surface area contributed by atoms with Gasteiger partial charge in [-0.15, -0.1) is 10.2 Å². The van der Waals surface area contributed by atoms with Crippen molar-refractivity contribution in [2.45, 2.75) is 32.6 Å². The van der Waals surface area contributed by atoms with Crippen LogP contribution in [-0.4, -0.2) is 39.9 Å². The SMILES string of the molecule is Cc1cc2c(c(C(C)C(=O)Nc3ccc(C4=CCCC=C4)nn3)c1)C(=O)N(C)C2=O. The maximum absolute atomic E-state index is 12.9. The predicted molar refractivity (Wildman–Crippen MR) is 113 cm³/mol. The van der Waals surface area contributed by atoms with Gasteiger partial charge >= 0.3 is 0 Å². The summed E-state index contributed by atoms with van der Waals surface area (Å²) in [4.78, 5) is 38.8. The van der Waals surface area contributed by atoms with E-state index in [2.05, 4.69) is 27.7 Å². The number of fused-ring (bicyclic) bond motifs is 1. The average Bonchev–Trinajstić information content (AvgIpc) is 2.97. The number of anilines is 1. The third-order valence-corrected chi connectivity index (χ3v) is 5.43. The Morgan fingerprint density at radius 3 is 2.60 bits per heavy atom. The topological polar surface area (TPSA) is 92.3 Å². The Morgan fingerprint density at radius 1 is 1.13 bits per heavy atom. The van der Waals surface area contributed by atoms with E-state index in [4.69, 9.17) is 0 Å². The summed E-state index contributed by atoms with van der Waals surface area (Å²) in [6, 6.07) is 6.99. The minimum absolute atomic E-state index is 0.299. The van der Waals surface area contributed by atoms with Crippen molar-refractivity contribution in [2.24, 2.45) is 0 Å². The third kappa shape index (κ3) is 3.43. The summed E-state index contributed by atoms with van der Waals surface area (Å²) in [6.07, 6.45) is 8.22. The lowest BCUT2D eigenvalue weighted by Crippen LogP contribution is -2.25. The molecule has 2 aromatic rings. The highest BCUT2D eigenvalue weighted by atomic mass is 16.2. The van der Waals surface area contributed by atoms with Gasteiger partial charge in [0, 0.05) is 7.05 Å². The van der Waals surface area contributed by atoms with Crippen LogP contribution in [0.25, 0.3) is 5.57 Å². The van der Waals surface area contributed by atoms with Gasteiger partial charge in [-0.3, -0.25) is 19.3 Å². The van der Waals surface area contributed by atoms with Crippen molar-refractivity contribution in [1.29, 1.82) is 0 Å². The minimum atomic E-state index is -0.646. The van der Waals surface area contributed by atoms with E-state index in [0.717, 1.165) is 34.6 Å². The smallest absolute Gasteiger partial charge is 0.261 e. The van der Waals surface area contributed by atoms with E-state index < -0.39 is 5.92 Å². The summed E-state index contributed by atoms with van der Waals surface area (Å²) < 4.78 is 0. The molecule has 152 valence electrons. The Kier molecular flexibility index (Phi) is 5.03. The Hall–Kier alpha value is -3.61. The number of nitrogens with one attached hydrogen (secondary N) is 1. The molecule has 0 fully saturated rings. The summed E-state index contributed by atoms with van der Waals surface area (Å²) in [6.45, 7) is 3.54. The molecule has 1 N–H and O–H groups in total. The van der Waals surface area contributed by atoms with Crippen LogP contribution in [0.5, 0.6) is 0 Å². The molecule has 0 saturated carbocycles. The van der Waals surface area contributed by atoms with E-state index in [1.165, 1.54) is 7.05 Å². The number of rotatable bonds is 4. The van der Waals surface area contributed by atoms with E-state index in [0.29, 0.717) is 22.5 Å². The number of nitrogens with zero attached hydrogens (tertiary/aromatic N) is 3. The average molecular weight is 402 g/mol. The number of benzene rings is 1. The van der Waals surface area contributed by atoms with E-state index in [-0.39, 0.29) is 17.7 Å². The highest BCUT2D eigenvalue weighted by Crippen LogP contribution is 2.32. The summed E-state index contributed by atoms with van der Waals surface area (Å²) in [5.41, 5.74) is 3.76. The number of aryl methyl sites for hydroxylation is 1. The molecule has 4 rings (SSSR count). The number of carbonyl (C=O) groups excluding carboxylic acids is 3. The lowest BCUT2D eigenvalue weighted by Gasteiger charge is -2.16. The molecule has 0 spiro atoms. The zero-order valence-corrected chi connectivity index (χ0v) is 17.1. The van der Waals surface area contributed by atoms with Crippen molar-refractivity contribution in [3.63, 3.8) is 0 Å². The van der Waals surface area contributed by atoms with Gasteiger partial charge in [-0.1, -0.05) is 24.3 Å². The van der Waals surface area contributed by atoms with Gasteiger partial charge in [-0.25, -0.2) is 0 Å². The molecule has 1 atom stereocenters. The fourth-order valence-corrected chi connectivity index (χ4v) is 3.74. The Morgan fingerprint density at radius 2 is 1.93 bits per heavy atom. The van der Waals surface area contributed by atoms with Crippen molar-refractivity contribution in [1.82, 2.24) is 15.1 Å². The normalized spacial score (nSPS) is 16.4. The minimum Gasteiger partial charge on any atom is -0.309 e. The van der Waals surface area contributed by atoms with Gasteiger partial charge < -0.3 is 5.32 Å². The molecule has 2 heterocycles. The monoisotopic (exact) mass is 402 g/mol. The number of hydrogen-bond donors (Lipinski definition) is 1. The van der Waals surface area contributed by atoms with Gasteiger partial charge in [0.1, 0.15) is 0 Å². The first kappa shape index (κ1) is 19.7. The van der Waals surface area contributed by atoms with Crippen LogP contribution in [-0.2, 0) is 4.79 Å². The Labute approximate surface area is 174 Å². The van der Waals surface area contributed by atoms with Crippen molar-refractivity contribution >= 4 is 29.1 Å². The molecule has 3 amide bonds. The van der Waals surface area contributed by atoms with Gasteiger partial charge in [0.2, 0.25) is 5.91 Å². The zero-order chi connectivity index (χ0) is 21.4. The molecule has 1 aliphatic heterocycles. The van der Waals surface area contributed by atoms with Gasteiger partial charge in [0.25, 0.3) is 11.8 Å². The van der Waals surface area contributed by atoms with Gasteiger partial charge in [-0.2, -0.15) is 0 Å². The van der Waals surface area contributed by atoms with Crippen molar-refractivity contribution in [3.05, 3.63) is 70.4 Å². The molecule has 0 bridgehead atoms. The van der Waals surface area contributed by atoms with Crippen LogP contribution in [0.2, 0.25) is 0 Å². The quantitative estimate of drug-likeness (QED) is 0.791. The lowest BCUT2D eigenvalue weighted by atomic mass is 9.90. The van der Waals surface area contributed by atoms with E-state index in [1.807, 2.05) is 19.1 Å². The van der Waals surface area contributed by atoms with Crippen LogP contribution >= 0.6 is 0 Å². The van der Waals surface area contributed by atoms with E-state index in [9.17, 15) is 14.4 Å². The highest BCUT2D eigenvalue weighted by molar-refractivity contribution is 6.22. The molecule has 1 aromatic carbocycles. The van der Waals surface area contributed by atoms with Gasteiger partial charge in [0.15, 0.2) is 5.82 Å². The molecule has 0 saturated heterocycles.